The molecule has 2 heteroatoms. The Kier molecular flexibility index (Phi) is 5.49. The van der Waals surface area contributed by atoms with Crippen LogP contribution in [0.4, 0.5) is 0 Å². The van der Waals surface area contributed by atoms with Crippen LogP contribution in [0.15, 0.2) is 0 Å². The lowest BCUT2D eigenvalue weighted by molar-refractivity contribution is 0.131. The van der Waals surface area contributed by atoms with E-state index >= 15 is 0 Å². The van der Waals surface area contributed by atoms with E-state index in [9.17, 15) is 0 Å². The van der Waals surface area contributed by atoms with E-state index in [1.807, 2.05) is 0 Å². The van der Waals surface area contributed by atoms with Gasteiger partial charge >= 0.3 is 0 Å². The Morgan fingerprint density at radius 1 is 1.36 bits per heavy atom. The first-order valence-electron chi connectivity index (χ1n) is 6.20. The molecule has 0 spiro atoms. The number of nitrogens with zero attached hydrogens (tertiary/aromatic N) is 1. The Morgan fingerprint density at radius 2 is 2.14 bits per heavy atom. The van der Waals surface area contributed by atoms with E-state index in [-0.39, 0.29) is 0 Å². The zero-order valence-electron chi connectivity index (χ0n) is 9.84. The molecule has 1 rings (SSSR count). The van der Waals surface area contributed by atoms with E-state index < -0.39 is 0 Å². The summed E-state index contributed by atoms with van der Waals surface area (Å²) in [6.07, 6.45) is 5.39. The van der Waals surface area contributed by atoms with Gasteiger partial charge in [0.25, 0.3) is 0 Å². The normalized spacial score (nSPS) is 29.4. The molecule has 0 aromatic carbocycles. The summed E-state index contributed by atoms with van der Waals surface area (Å²) in [6.45, 7) is 9.34. The molecule has 0 aromatic rings. The van der Waals surface area contributed by atoms with Gasteiger partial charge in [0, 0.05) is 6.54 Å². The minimum atomic E-state index is 0.775. The van der Waals surface area contributed by atoms with E-state index in [1.165, 1.54) is 45.3 Å². The summed E-state index contributed by atoms with van der Waals surface area (Å²) in [4.78, 5) is 2.62. The quantitative estimate of drug-likeness (QED) is 0.685. The van der Waals surface area contributed by atoms with E-state index in [1.54, 1.807) is 0 Å². The van der Waals surface area contributed by atoms with Crippen LogP contribution in [0.2, 0.25) is 0 Å². The largest absolute Gasteiger partial charge is 0.330 e. The van der Waals surface area contributed by atoms with Crippen molar-refractivity contribution in [2.24, 2.45) is 17.6 Å². The van der Waals surface area contributed by atoms with Crippen LogP contribution in [-0.4, -0.2) is 31.1 Å². The predicted octanol–water partition coefficient (Wildman–Crippen LogP) is 2.09. The Bertz CT molecular complexity index is 145. The van der Waals surface area contributed by atoms with Crippen LogP contribution < -0.4 is 5.73 Å². The fourth-order valence-electron chi connectivity index (χ4n) is 2.42. The van der Waals surface area contributed by atoms with Crippen molar-refractivity contribution in [1.29, 1.82) is 0 Å². The second-order valence-corrected chi connectivity index (χ2v) is 4.77. The third-order valence-corrected chi connectivity index (χ3v) is 3.55. The van der Waals surface area contributed by atoms with Crippen LogP contribution in [0.3, 0.4) is 0 Å². The molecule has 84 valence electrons. The van der Waals surface area contributed by atoms with Gasteiger partial charge in [-0.3, -0.25) is 0 Å². The molecule has 1 aliphatic heterocycles. The maximum Gasteiger partial charge on any atom is 0.00101 e. The number of rotatable bonds is 5. The molecule has 1 heterocycles. The highest BCUT2D eigenvalue weighted by atomic mass is 15.1. The molecule has 0 radical (unpaired) electrons. The maximum absolute atomic E-state index is 5.74. The first-order valence-corrected chi connectivity index (χ1v) is 6.20. The van der Waals surface area contributed by atoms with Crippen LogP contribution in [0.25, 0.3) is 0 Å². The van der Waals surface area contributed by atoms with Gasteiger partial charge < -0.3 is 10.6 Å². The van der Waals surface area contributed by atoms with Gasteiger partial charge in [-0.2, -0.15) is 0 Å². The molecule has 0 saturated carbocycles. The molecule has 0 aliphatic carbocycles. The highest BCUT2D eigenvalue weighted by Crippen LogP contribution is 2.22. The van der Waals surface area contributed by atoms with Crippen LogP contribution in [0, 0.1) is 11.8 Å². The van der Waals surface area contributed by atoms with Crippen LogP contribution in [-0.2, 0) is 0 Å². The summed E-state index contributed by atoms with van der Waals surface area (Å²) in [6, 6.07) is 0. The Balaban J connectivity index is 2.18. The van der Waals surface area contributed by atoms with Gasteiger partial charge in [0.2, 0.25) is 0 Å². The van der Waals surface area contributed by atoms with Crippen molar-refractivity contribution in [3.8, 4) is 0 Å². The summed E-state index contributed by atoms with van der Waals surface area (Å²) < 4.78 is 0. The van der Waals surface area contributed by atoms with Gasteiger partial charge in [0.15, 0.2) is 0 Å². The molecule has 1 aliphatic rings. The molecule has 2 nitrogen and oxygen atoms in total. The molecule has 0 amide bonds. The van der Waals surface area contributed by atoms with Gasteiger partial charge in [-0.15, -0.1) is 0 Å². The standard InChI is InChI=1S/C12H26N2/c1-3-4-5-7-14-8-6-12(9-13)11(2)10-14/h11-12H,3-10,13H2,1-2H3. The summed E-state index contributed by atoms with van der Waals surface area (Å²) in [7, 11) is 0. The molecular formula is C12H26N2. The van der Waals surface area contributed by atoms with Crippen molar-refractivity contribution in [2.75, 3.05) is 26.2 Å². The second-order valence-electron chi connectivity index (χ2n) is 4.77. The lowest BCUT2D eigenvalue weighted by Gasteiger charge is -2.36. The third-order valence-electron chi connectivity index (χ3n) is 3.55. The summed E-state index contributed by atoms with van der Waals surface area (Å²) in [5.74, 6) is 1.58. The van der Waals surface area contributed by atoms with Gasteiger partial charge in [-0.1, -0.05) is 26.7 Å². The summed E-state index contributed by atoms with van der Waals surface area (Å²) >= 11 is 0. The Hall–Kier alpha value is -0.0800. The average Bonchev–Trinajstić information content (AvgIpc) is 2.18. The number of unbranched alkanes of at least 4 members (excludes halogenated alkanes) is 2. The molecule has 1 fully saturated rings. The fraction of sp³-hybridized carbons (Fsp3) is 1.00. The first kappa shape index (κ1) is 12.0. The molecule has 2 atom stereocenters. The molecular weight excluding hydrogens is 172 g/mol. The lowest BCUT2D eigenvalue weighted by Crippen LogP contribution is -2.42. The molecule has 14 heavy (non-hydrogen) atoms. The van der Waals surface area contributed by atoms with E-state index in [4.69, 9.17) is 5.73 Å². The molecule has 0 aromatic heterocycles. The molecule has 2 unspecified atom stereocenters. The minimum absolute atomic E-state index is 0.775. The van der Waals surface area contributed by atoms with Gasteiger partial charge in [-0.05, 0) is 44.3 Å². The predicted molar refractivity (Wildman–Crippen MR) is 62.3 cm³/mol. The topological polar surface area (TPSA) is 29.3 Å². The van der Waals surface area contributed by atoms with Crippen LogP contribution in [0.1, 0.15) is 39.5 Å². The monoisotopic (exact) mass is 198 g/mol. The first-order chi connectivity index (χ1) is 6.77. The molecule has 1 saturated heterocycles. The van der Waals surface area contributed by atoms with Crippen LogP contribution in [0.5, 0.6) is 0 Å². The Labute approximate surface area is 88.8 Å². The van der Waals surface area contributed by atoms with Crippen molar-refractivity contribution in [2.45, 2.75) is 39.5 Å². The molecule has 0 bridgehead atoms. The van der Waals surface area contributed by atoms with Crippen LogP contribution >= 0.6 is 0 Å². The van der Waals surface area contributed by atoms with Crippen molar-refractivity contribution in [3.05, 3.63) is 0 Å². The van der Waals surface area contributed by atoms with Crippen molar-refractivity contribution >= 4 is 0 Å². The molecule has 2 N–H and O–H groups in total. The van der Waals surface area contributed by atoms with Gasteiger partial charge in [0.05, 0.1) is 0 Å². The van der Waals surface area contributed by atoms with Crippen molar-refractivity contribution in [3.63, 3.8) is 0 Å². The second kappa shape index (κ2) is 6.41. The minimum Gasteiger partial charge on any atom is -0.330 e. The number of likely N-dealkylation sites (tertiary alicyclic amines) is 1. The number of hydrogen-bond donors (Lipinski definition) is 1. The maximum atomic E-state index is 5.74. The smallest absolute Gasteiger partial charge is 0.00101 e. The number of nitrogens with two attached hydrogens (primary N) is 1. The Morgan fingerprint density at radius 3 is 2.71 bits per heavy atom. The number of hydrogen-bond acceptors (Lipinski definition) is 2. The summed E-state index contributed by atoms with van der Waals surface area (Å²) in [5, 5.41) is 0. The zero-order valence-corrected chi connectivity index (χ0v) is 9.84. The highest BCUT2D eigenvalue weighted by Gasteiger charge is 2.24. The van der Waals surface area contributed by atoms with Crippen molar-refractivity contribution < 1.29 is 0 Å². The lowest BCUT2D eigenvalue weighted by atomic mass is 9.87. The fourth-order valence-corrected chi connectivity index (χ4v) is 2.42. The van der Waals surface area contributed by atoms with Gasteiger partial charge in [0.1, 0.15) is 0 Å². The van der Waals surface area contributed by atoms with Gasteiger partial charge in [-0.25, -0.2) is 0 Å². The van der Waals surface area contributed by atoms with E-state index in [0.717, 1.165) is 18.4 Å². The highest BCUT2D eigenvalue weighted by molar-refractivity contribution is 4.78. The third kappa shape index (κ3) is 3.58. The van der Waals surface area contributed by atoms with Crippen molar-refractivity contribution in [1.82, 2.24) is 4.90 Å². The summed E-state index contributed by atoms with van der Waals surface area (Å²) in [5.41, 5.74) is 5.74. The van der Waals surface area contributed by atoms with E-state index in [0.29, 0.717) is 0 Å². The SMILES string of the molecule is CCCCCN1CCC(CN)C(C)C1. The average molecular weight is 198 g/mol. The van der Waals surface area contributed by atoms with E-state index in [2.05, 4.69) is 18.7 Å². The number of piperidine rings is 1. The zero-order chi connectivity index (χ0) is 10.4.